The first-order valence-corrected chi connectivity index (χ1v) is 9.18. The van der Waals surface area contributed by atoms with Gasteiger partial charge in [-0.2, -0.15) is 0 Å². The molecule has 1 fully saturated rings. The number of urea groups is 1. The number of hydrogen-bond acceptors (Lipinski definition) is 4. The molecular formula is C20H14BrClN2O4. The molecule has 1 N–H and O–H groups in total. The number of benzene rings is 2. The van der Waals surface area contributed by atoms with Crippen molar-refractivity contribution in [3.05, 3.63) is 57.2 Å². The molecule has 3 rings (SSSR count). The number of imide groups is 1. The van der Waals surface area contributed by atoms with Crippen molar-refractivity contribution in [2.75, 3.05) is 18.6 Å². The Morgan fingerprint density at radius 1 is 1.29 bits per heavy atom. The molecule has 8 heteroatoms. The quantitative estimate of drug-likeness (QED) is 0.411. The number of ether oxygens (including phenoxy) is 2. The second kappa shape index (κ2) is 8.38. The molecule has 0 atom stereocenters. The Balaban J connectivity index is 1.95. The molecule has 142 valence electrons. The third-order valence-corrected chi connectivity index (χ3v) is 4.76. The number of terminal acetylenes is 1. The van der Waals surface area contributed by atoms with Crippen LogP contribution in [0.2, 0.25) is 5.02 Å². The van der Waals surface area contributed by atoms with E-state index in [2.05, 4.69) is 27.2 Å². The van der Waals surface area contributed by atoms with E-state index in [0.29, 0.717) is 32.2 Å². The van der Waals surface area contributed by atoms with Crippen LogP contribution in [0.15, 0.2) is 46.6 Å². The monoisotopic (exact) mass is 460 g/mol. The first kappa shape index (κ1) is 19.8. The van der Waals surface area contributed by atoms with Gasteiger partial charge in [-0.25, -0.2) is 9.69 Å². The van der Waals surface area contributed by atoms with Crippen molar-refractivity contribution in [2.24, 2.45) is 0 Å². The van der Waals surface area contributed by atoms with E-state index in [1.807, 2.05) is 0 Å². The van der Waals surface area contributed by atoms with Crippen molar-refractivity contribution in [2.45, 2.75) is 0 Å². The minimum atomic E-state index is -0.560. The van der Waals surface area contributed by atoms with Gasteiger partial charge in [-0.05, 0) is 42.0 Å². The number of nitrogens with one attached hydrogen (secondary N) is 1. The second-order valence-corrected chi connectivity index (χ2v) is 6.92. The zero-order chi connectivity index (χ0) is 20.3. The number of halogens is 2. The third kappa shape index (κ3) is 3.98. The van der Waals surface area contributed by atoms with Crippen LogP contribution in [0, 0.1) is 12.3 Å². The molecule has 3 amide bonds. The standard InChI is InChI=1S/C20H14BrClN2O4/c1-3-7-28-18-11-15(21)12(9-17(18)27-2)8-16-19(25)24(20(26)23-16)14-6-4-5-13(22)10-14/h1,4-6,8-11H,7H2,2H3,(H,23,26)/b16-8-. The molecule has 0 aliphatic carbocycles. The van der Waals surface area contributed by atoms with Crippen molar-refractivity contribution in [1.29, 1.82) is 0 Å². The summed E-state index contributed by atoms with van der Waals surface area (Å²) in [4.78, 5) is 26.1. The van der Waals surface area contributed by atoms with Crippen LogP contribution in [-0.4, -0.2) is 25.7 Å². The van der Waals surface area contributed by atoms with Gasteiger partial charge in [0.05, 0.1) is 12.8 Å². The number of carbonyl (C=O) groups excluding carboxylic acids is 2. The molecule has 28 heavy (non-hydrogen) atoms. The van der Waals surface area contributed by atoms with Crippen molar-refractivity contribution in [3.8, 4) is 23.8 Å². The maximum Gasteiger partial charge on any atom is 0.333 e. The first-order chi connectivity index (χ1) is 13.4. The van der Waals surface area contributed by atoms with Gasteiger partial charge in [0, 0.05) is 9.50 Å². The Kier molecular flexibility index (Phi) is 5.93. The summed E-state index contributed by atoms with van der Waals surface area (Å²) in [5.41, 5.74) is 1.11. The normalized spacial score (nSPS) is 14.8. The van der Waals surface area contributed by atoms with E-state index in [-0.39, 0.29) is 12.3 Å². The highest BCUT2D eigenvalue weighted by Gasteiger charge is 2.35. The molecule has 6 nitrogen and oxygen atoms in total. The van der Waals surface area contributed by atoms with Gasteiger partial charge < -0.3 is 14.8 Å². The van der Waals surface area contributed by atoms with E-state index >= 15 is 0 Å². The van der Waals surface area contributed by atoms with Crippen molar-refractivity contribution in [1.82, 2.24) is 5.32 Å². The van der Waals surface area contributed by atoms with Gasteiger partial charge in [-0.3, -0.25) is 4.79 Å². The number of rotatable bonds is 5. The summed E-state index contributed by atoms with van der Waals surface area (Å²) in [5, 5.41) is 2.99. The first-order valence-electron chi connectivity index (χ1n) is 8.01. The summed E-state index contributed by atoms with van der Waals surface area (Å²) in [6.07, 6.45) is 6.76. The van der Waals surface area contributed by atoms with Crippen LogP contribution in [0.5, 0.6) is 11.5 Å². The van der Waals surface area contributed by atoms with Crippen molar-refractivity contribution in [3.63, 3.8) is 0 Å². The maximum atomic E-state index is 12.7. The Bertz CT molecular complexity index is 1030. The van der Waals surface area contributed by atoms with Crippen LogP contribution in [0.3, 0.4) is 0 Å². The Morgan fingerprint density at radius 2 is 2.07 bits per heavy atom. The highest BCUT2D eigenvalue weighted by atomic mass is 79.9. The van der Waals surface area contributed by atoms with Crippen LogP contribution in [0.1, 0.15) is 5.56 Å². The molecule has 0 spiro atoms. The fraction of sp³-hybridized carbons (Fsp3) is 0.100. The fourth-order valence-corrected chi connectivity index (χ4v) is 3.21. The van der Waals surface area contributed by atoms with E-state index in [1.165, 1.54) is 7.11 Å². The zero-order valence-electron chi connectivity index (χ0n) is 14.7. The zero-order valence-corrected chi connectivity index (χ0v) is 17.0. The van der Waals surface area contributed by atoms with Crippen LogP contribution >= 0.6 is 27.5 Å². The predicted molar refractivity (Wildman–Crippen MR) is 110 cm³/mol. The van der Waals surface area contributed by atoms with Gasteiger partial charge in [0.2, 0.25) is 0 Å². The molecule has 1 heterocycles. The molecule has 1 aliphatic heterocycles. The molecule has 2 aromatic carbocycles. The minimum Gasteiger partial charge on any atom is -0.493 e. The number of nitrogens with zero attached hydrogens (tertiary/aromatic N) is 1. The lowest BCUT2D eigenvalue weighted by Gasteiger charge is -2.12. The van der Waals surface area contributed by atoms with Gasteiger partial charge >= 0.3 is 6.03 Å². The summed E-state index contributed by atoms with van der Waals surface area (Å²) >= 11 is 9.39. The second-order valence-electron chi connectivity index (χ2n) is 5.63. The van der Waals surface area contributed by atoms with Crippen molar-refractivity contribution >= 4 is 51.2 Å². The molecule has 0 aromatic heterocycles. The highest BCUT2D eigenvalue weighted by molar-refractivity contribution is 9.10. The Morgan fingerprint density at radius 3 is 2.75 bits per heavy atom. The molecule has 0 unspecified atom stereocenters. The van der Waals surface area contributed by atoms with Gasteiger partial charge in [0.25, 0.3) is 5.91 Å². The van der Waals surface area contributed by atoms with Crippen LogP contribution in [-0.2, 0) is 4.79 Å². The lowest BCUT2D eigenvalue weighted by Crippen LogP contribution is -2.30. The smallest absolute Gasteiger partial charge is 0.333 e. The number of amides is 3. The summed E-state index contributed by atoms with van der Waals surface area (Å²) < 4.78 is 11.4. The van der Waals surface area contributed by atoms with Gasteiger partial charge in [-0.1, -0.05) is 39.5 Å². The lowest BCUT2D eigenvalue weighted by atomic mass is 10.1. The van der Waals surface area contributed by atoms with E-state index in [4.69, 9.17) is 27.5 Å². The largest absolute Gasteiger partial charge is 0.493 e. The molecule has 0 bridgehead atoms. The SMILES string of the molecule is C#CCOc1cc(Br)c(/C=C2\NC(=O)N(c3cccc(Cl)c3)C2=O)cc1OC. The average Bonchev–Trinajstić information content (AvgIpc) is 2.95. The predicted octanol–water partition coefficient (Wildman–Crippen LogP) is 4.22. The summed E-state index contributed by atoms with van der Waals surface area (Å²) in [5.74, 6) is 2.78. The topological polar surface area (TPSA) is 67.9 Å². The number of methoxy groups -OCH3 is 1. The minimum absolute atomic E-state index is 0.0897. The van der Waals surface area contributed by atoms with Gasteiger partial charge in [0.15, 0.2) is 11.5 Å². The maximum absolute atomic E-state index is 12.7. The fourth-order valence-electron chi connectivity index (χ4n) is 2.59. The van der Waals surface area contributed by atoms with E-state index in [9.17, 15) is 9.59 Å². The average molecular weight is 462 g/mol. The van der Waals surface area contributed by atoms with Crippen molar-refractivity contribution < 1.29 is 19.1 Å². The number of anilines is 1. The van der Waals surface area contributed by atoms with E-state index in [1.54, 1.807) is 42.5 Å². The molecule has 0 saturated carbocycles. The number of carbonyl (C=O) groups is 2. The van der Waals surface area contributed by atoms with Gasteiger partial charge in [-0.15, -0.1) is 6.42 Å². The third-order valence-electron chi connectivity index (χ3n) is 3.84. The molecule has 1 saturated heterocycles. The Labute approximate surface area is 175 Å². The summed E-state index contributed by atoms with van der Waals surface area (Å²) in [7, 11) is 1.49. The molecular weight excluding hydrogens is 448 g/mol. The van der Waals surface area contributed by atoms with Crippen LogP contribution in [0.25, 0.3) is 6.08 Å². The molecule has 2 aromatic rings. The summed E-state index contributed by atoms with van der Waals surface area (Å²) in [6, 6.07) is 9.28. The molecule has 0 radical (unpaired) electrons. The number of hydrogen-bond donors (Lipinski definition) is 1. The Hall–Kier alpha value is -2.95. The van der Waals surface area contributed by atoms with E-state index in [0.717, 1.165) is 4.90 Å². The van der Waals surface area contributed by atoms with Gasteiger partial charge in [0.1, 0.15) is 12.3 Å². The lowest BCUT2D eigenvalue weighted by molar-refractivity contribution is -0.113. The van der Waals surface area contributed by atoms with Crippen LogP contribution in [0.4, 0.5) is 10.5 Å². The summed E-state index contributed by atoms with van der Waals surface area (Å²) in [6.45, 7) is 0.0897. The highest BCUT2D eigenvalue weighted by Crippen LogP contribution is 2.35. The van der Waals surface area contributed by atoms with Crippen LogP contribution < -0.4 is 19.7 Å². The van der Waals surface area contributed by atoms with E-state index < -0.39 is 11.9 Å². The molecule has 1 aliphatic rings.